The first kappa shape index (κ1) is 20.0. The van der Waals surface area contributed by atoms with E-state index in [1.165, 1.54) is 0 Å². The molecule has 0 radical (unpaired) electrons. The fourth-order valence-corrected chi connectivity index (χ4v) is 4.48. The van der Waals surface area contributed by atoms with Gasteiger partial charge in [-0.15, -0.1) is 11.3 Å². The third kappa shape index (κ3) is 4.76. The molecule has 3 rings (SSSR count). The van der Waals surface area contributed by atoms with E-state index in [1.807, 2.05) is 19.1 Å². The number of ether oxygens (including phenoxy) is 1. The second-order valence-corrected chi connectivity index (χ2v) is 9.32. The lowest BCUT2D eigenvalue weighted by Crippen LogP contribution is -2.26. The molecule has 2 aromatic rings. The van der Waals surface area contributed by atoms with Gasteiger partial charge < -0.3 is 9.64 Å². The number of benzene rings is 1. The van der Waals surface area contributed by atoms with Crippen molar-refractivity contribution >= 4 is 27.4 Å². The minimum absolute atomic E-state index is 0.0178. The van der Waals surface area contributed by atoms with Crippen molar-refractivity contribution in [3.05, 3.63) is 46.3 Å². The molecule has 0 fully saturated rings. The Labute approximate surface area is 163 Å². The molecule has 6 nitrogen and oxygen atoms in total. The maximum atomic E-state index is 12.5. The van der Waals surface area contributed by atoms with Crippen LogP contribution in [0.1, 0.15) is 40.2 Å². The van der Waals surface area contributed by atoms with Crippen molar-refractivity contribution in [1.29, 1.82) is 0 Å². The predicted octanol–water partition coefficient (Wildman–Crippen LogP) is 3.44. The Kier molecular flexibility index (Phi) is 6.00. The Morgan fingerprint density at radius 1 is 1.26 bits per heavy atom. The third-order valence-electron chi connectivity index (χ3n) is 4.52. The summed E-state index contributed by atoms with van der Waals surface area (Å²) in [5.41, 5.74) is 2.80. The highest BCUT2D eigenvalue weighted by Gasteiger charge is 2.27. The van der Waals surface area contributed by atoms with E-state index in [-0.39, 0.29) is 18.6 Å². The van der Waals surface area contributed by atoms with Crippen LogP contribution >= 0.6 is 11.3 Å². The number of rotatable bonds is 8. The minimum Gasteiger partial charge on any atom is -0.376 e. The number of thiophene rings is 1. The molecule has 1 aliphatic heterocycles. The number of nitrogens with zero attached hydrogens (tertiary/aromatic N) is 1. The van der Waals surface area contributed by atoms with Crippen LogP contribution in [0, 0.1) is 0 Å². The number of carbonyl (C=O) groups excluding carboxylic acids is 1. The smallest absolute Gasteiger partial charge is 0.264 e. The van der Waals surface area contributed by atoms with Crippen molar-refractivity contribution in [2.75, 3.05) is 26.5 Å². The zero-order valence-electron chi connectivity index (χ0n) is 15.6. The first-order chi connectivity index (χ1) is 12.8. The van der Waals surface area contributed by atoms with Gasteiger partial charge in [0.1, 0.15) is 0 Å². The minimum atomic E-state index is -3.44. The van der Waals surface area contributed by atoms with Crippen LogP contribution in [0.4, 0.5) is 0 Å². The van der Waals surface area contributed by atoms with Crippen molar-refractivity contribution in [3.8, 4) is 10.4 Å². The maximum Gasteiger partial charge on any atom is 0.264 e. The van der Waals surface area contributed by atoms with Gasteiger partial charge in [-0.05, 0) is 48.7 Å². The molecule has 1 amide bonds. The van der Waals surface area contributed by atoms with E-state index in [9.17, 15) is 13.2 Å². The molecule has 0 aliphatic carbocycles. The Hall–Kier alpha value is -1.74. The van der Waals surface area contributed by atoms with Gasteiger partial charge >= 0.3 is 0 Å². The van der Waals surface area contributed by atoms with Gasteiger partial charge in [0.2, 0.25) is 0 Å². The van der Waals surface area contributed by atoms with Crippen LogP contribution in [-0.4, -0.2) is 45.7 Å². The first-order valence-electron chi connectivity index (χ1n) is 8.68. The average Bonchev–Trinajstić information content (AvgIpc) is 3.22. The van der Waals surface area contributed by atoms with Crippen molar-refractivity contribution in [2.45, 2.75) is 26.0 Å². The monoisotopic (exact) mass is 409 g/mol. The summed E-state index contributed by atoms with van der Waals surface area (Å²) in [7, 11) is -1.75. The first-order valence-corrected chi connectivity index (χ1v) is 11.3. The number of fused-ring (bicyclic) bond motifs is 1. The van der Waals surface area contributed by atoms with Crippen LogP contribution in [0.3, 0.4) is 0 Å². The lowest BCUT2D eigenvalue weighted by Gasteiger charge is -2.14. The van der Waals surface area contributed by atoms with Gasteiger partial charge in [0, 0.05) is 35.5 Å². The molecule has 1 aliphatic rings. The van der Waals surface area contributed by atoms with Gasteiger partial charge in [0.25, 0.3) is 16.0 Å². The second kappa shape index (κ2) is 8.10. The number of amides is 1. The standard InChI is InChI=1S/C19H23NO5S2/c1-13(24-2)17-7-8-18(26-17)14-5-6-16-15(11-14)12-20(19(16)21)9-4-10-25-27(3,22)23/h5-8,11,13H,4,9-10,12H2,1-3H3. The lowest BCUT2D eigenvalue weighted by molar-refractivity contribution is 0.0771. The highest BCUT2D eigenvalue weighted by atomic mass is 32.2. The molecule has 0 bridgehead atoms. The highest BCUT2D eigenvalue weighted by molar-refractivity contribution is 7.85. The summed E-state index contributed by atoms with van der Waals surface area (Å²) in [6.07, 6.45) is 1.56. The van der Waals surface area contributed by atoms with Gasteiger partial charge in [-0.1, -0.05) is 6.07 Å². The fraction of sp³-hybridized carbons (Fsp3) is 0.421. The number of carbonyl (C=O) groups is 1. The zero-order chi connectivity index (χ0) is 19.6. The maximum absolute atomic E-state index is 12.5. The molecule has 0 N–H and O–H groups in total. The van der Waals surface area contributed by atoms with Gasteiger partial charge in [-0.2, -0.15) is 8.42 Å². The molecule has 1 aromatic carbocycles. The lowest BCUT2D eigenvalue weighted by atomic mass is 10.1. The van der Waals surface area contributed by atoms with Crippen LogP contribution < -0.4 is 0 Å². The Morgan fingerprint density at radius 3 is 2.74 bits per heavy atom. The van der Waals surface area contributed by atoms with E-state index in [0.29, 0.717) is 25.1 Å². The van der Waals surface area contributed by atoms with Crippen molar-refractivity contribution in [1.82, 2.24) is 4.90 Å². The molecular weight excluding hydrogens is 386 g/mol. The average molecular weight is 410 g/mol. The molecule has 2 heterocycles. The Balaban J connectivity index is 1.67. The molecule has 0 spiro atoms. The summed E-state index contributed by atoms with van der Waals surface area (Å²) in [5.74, 6) is -0.0178. The molecule has 8 heteroatoms. The summed E-state index contributed by atoms with van der Waals surface area (Å²) in [6.45, 7) is 3.10. The van der Waals surface area contributed by atoms with E-state index < -0.39 is 10.1 Å². The van der Waals surface area contributed by atoms with Crippen LogP contribution in [-0.2, 0) is 25.6 Å². The predicted molar refractivity (Wildman–Crippen MR) is 105 cm³/mol. The van der Waals surface area contributed by atoms with Crippen LogP contribution in [0.25, 0.3) is 10.4 Å². The van der Waals surface area contributed by atoms with E-state index in [0.717, 1.165) is 27.1 Å². The summed E-state index contributed by atoms with van der Waals surface area (Å²) in [5, 5.41) is 0. The summed E-state index contributed by atoms with van der Waals surface area (Å²) in [4.78, 5) is 16.6. The van der Waals surface area contributed by atoms with E-state index in [1.54, 1.807) is 23.3 Å². The molecule has 1 atom stereocenters. The molecule has 0 saturated carbocycles. The number of hydrogen-bond donors (Lipinski definition) is 0. The molecule has 0 saturated heterocycles. The summed E-state index contributed by atoms with van der Waals surface area (Å²) in [6, 6.07) is 10.1. The Morgan fingerprint density at radius 2 is 2.04 bits per heavy atom. The van der Waals surface area contributed by atoms with Gasteiger partial charge in [-0.3, -0.25) is 8.98 Å². The van der Waals surface area contributed by atoms with Crippen molar-refractivity contribution < 1.29 is 22.1 Å². The molecule has 27 heavy (non-hydrogen) atoms. The normalized spacial score (nSPS) is 15.2. The summed E-state index contributed by atoms with van der Waals surface area (Å²) < 4.78 is 32.1. The number of methoxy groups -OCH3 is 1. The molecule has 146 valence electrons. The largest absolute Gasteiger partial charge is 0.376 e. The van der Waals surface area contributed by atoms with Crippen LogP contribution in [0.2, 0.25) is 0 Å². The van der Waals surface area contributed by atoms with E-state index in [4.69, 9.17) is 8.92 Å². The Bertz CT molecular complexity index is 935. The summed E-state index contributed by atoms with van der Waals surface area (Å²) >= 11 is 1.69. The van der Waals surface area contributed by atoms with Crippen LogP contribution in [0.15, 0.2) is 30.3 Å². The zero-order valence-corrected chi connectivity index (χ0v) is 17.2. The molecular formula is C19H23NO5S2. The van der Waals surface area contributed by atoms with Crippen LogP contribution in [0.5, 0.6) is 0 Å². The molecule has 1 unspecified atom stereocenters. The van der Waals surface area contributed by atoms with Crippen molar-refractivity contribution in [2.24, 2.45) is 0 Å². The van der Waals surface area contributed by atoms with Gasteiger partial charge in [-0.25, -0.2) is 0 Å². The SMILES string of the molecule is COC(C)c1ccc(-c2ccc3c(c2)CN(CCCOS(C)(=O)=O)C3=O)s1. The highest BCUT2D eigenvalue weighted by Crippen LogP contribution is 2.35. The van der Waals surface area contributed by atoms with E-state index >= 15 is 0 Å². The molecule has 1 aromatic heterocycles. The van der Waals surface area contributed by atoms with E-state index in [2.05, 4.69) is 18.2 Å². The van der Waals surface area contributed by atoms with Gasteiger partial charge in [0.05, 0.1) is 19.0 Å². The second-order valence-electron chi connectivity index (χ2n) is 6.56. The topological polar surface area (TPSA) is 72.9 Å². The quantitative estimate of drug-likeness (QED) is 0.493. The van der Waals surface area contributed by atoms with Crippen molar-refractivity contribution in [3.63, 3.8) is 0 Å². The number of hydrogen-bond acceptors (Lipinski definition) is 6. The third-order valence-corrected chi connectivity index (χ3v) is 6.41. The van der Waals surface area contributed by atoms with Gasteiger partial charge in [0.15, 0.2) is 0 Å². The fourth-order valence-electron chi connectivity index (χ4n) is 3.02.